The van der Waals surface area contributed by atoms with Crippen LogP contribution in [-0.4, -0.2) is 29.8 Å². The van der Waals surface area contributed by atoms with Crippen LogP contribution in [0.4, 0.5) is 4.39 Å². The molecule has 1 aromatic heterocycles. The minimum Gasteiger partial charge on any atom is -0.497 e. The van der Waals surface area contributed by atoms with Gasteiger partial charge in [-0.15, -0.1) is 0 Å². The Hall–Kier alpha value is -3.61. The molecule has 2 aliphatic rings. The molecule has 1 fully saturated rings. The summed E-state index contributed by atoms with van der Waals surface area (Å²) >= 11 is 0. The number of pyridine rings is 1. The molecule has 1 saturated carbocycles. The van der Waals surface area contributed by atoms with Gasteiger partial charge in [-0.2, -0.15) is 0 Å². The minimum atomic E-state index is -0.790. The minimum absolute atomic E-state index is 0.0563. The van der Waals surface area contributed by atoms with Crippen molar-refractivity contribution in [1.29, 1.82) is 0 Å². The van der Waals surface area contributed by atoms with Crippen LogP contribution in [0.3, 0.4) is 0 Å². The normalized spacial score (nSPS) is 18.6. The van der Waals surface area contributed by atoms with E-state index >= 15 is 0 Å². The van der Waals surface area contributed by atoms with Crippen molar-refractivity contribution in [3.05, 3.63) is 71.3 Å². The van der Waals surface area contributed by atoms with E-state index in [-0.39, 0.29) is 11.7 Å². The summed E-state index contributed by atoms with van der Waals surface area (Å²) in [4.78, 5) is 16.4. The SMILES string of the molecule is COc1ccc(F)c(-c2ccc([C@@H]3COc4ccc([C@H](C5CC5)[C@H](C)C(=O)O)cc4O3)nc2C)c1. The fourth-order valence-corrected chi connectivity index (χ4v) is 4.90. The quantitative estimate of drug-likeness (QED) is 0.454. The number of hydrogen-bond acceptors (Lipinski definition) is 5. The number of halogens is 1. The zero-order chi connectivity index (χ0) is 24.7. The van der Waals surface area contributed by atoms with Crippen LogP contribution in [-0.2, 0) is 4.79 Å². The first-order valence-corrected chi connectivity index (χ1v) is 11.8. The van der Waals surface area contributed by atoms with E-state index in [1.54, 1.807) is 26.2 Å². The van der Waals surface area contributed by atoms with E-state index in [1.165, 1.54) is 6.07 Å². The average Bonchev–Trinajstić information content (AvgIpc) is 3.69. The molecule has 5 rings (SSSR count). The van der Waals surface area contributed by atoms with Crippen LogP contribution in [0.25, 0.3) is 11.1 Å². The Morgan fingerprint density at radius 3 is 2.60 bits per heavy atom. The Labute approximate surface area is 203 Å². The van der Waals surface area contributed by atoms with Gasteiger partial charge in [-0.25, -0.2) is 4.39 Å². The van der Waals surface area contributed by atoms with E-state index in [0.717, 1.165) is 18.4 Å². The van der Waals surface area contributed by atoms with Crippen molar-refractivity contribution in [3.63, 3.8) is 0 Å². The van der Waals surface area contributed by atoms with E-state index in [9.17, 15) is 14.3 Å². The van der Waals surface area contributed by atoms with Crippen molar-refractivity contribution in [2.45, 2.75) is 38.7 Å². The Kier molecular flexibility index (Phi) is 6.09. The fourth-order valence-electron chi connectivity index (χ4n) is 4.90. The number of methoxy groups -OCH3 is 1. The highest BCUT2D eigenvalue weighted by Crippen LogP contribution is 2.49. The van der Waals surface area contributed by atoms with Crippen LogP contribution in [0.5, 0.6) is 17.2 Å². The Morgan fingerprint density at radius 2 is 1.91 bits per heavy atom. The van der Waals surface area contributed by atoms with Crippen molar-refractivity contribution in [2.75, 3.05) is 13.7 Å². The van der Waals surface area contributed by atoms with Crippen LogP contribution in [0.1, 0.15) is 48.7 Å². The van der Waals surface area contributed by atoms with Gasteiger partial charge in [-0.3, -0.25) is 9.78 Å². The highest BCUT2D eigenvalue weighted by atomic mass is 19.1. The van der Waals surface area contributed by atoms with Gasteiger partial charge in [0.15, 0.2) is 17.6 Å². The average molecular weight is 478 g/mol. The molecule has 35 heavy (non-hydrogen) atoms. The van der Waals surface area contributed by atoms with Crippen LogP contribution in [0, 0.1) is 24.6 Å². The van der Waals surface area contributed by atoms with Gasteiger partial charge in [0, 0.05) is 16.8 Å². The van der Waals surface area contributed by atoms with E-state index in [2.05, 4.69) is 0 Å². The zero-order valence-electron chi connectivity index (χ0n) is 20.0. The number of benzene rings is 2. The first kappa shape index (κ1) is 23.1. The topological polar surface area (TPSA) is 77.9 Å². The van der Waals surface area contributed by atoms with Crippen LogP contribution in [0.15, 0.2) is 48.5 Å². The number of aryl methyl sites for hydroxylation is 1. The summed E-state index contributed by atoms with van der Waals surface area (Å²) in [5, 5.41) is 9.60. The number of hydrogen-bond donors (Lipinski definition) is 1. The van der Waals surface area contributed by atoms with Crippen molar-refractivity contribution < 1.29 is 28.5 Å². The predicted molar refractivity (Wildman–Crippen MR) is 128 cm³/mol. The summed E-state index contributed by atoms with van der Waals surface area (Å²) in [6, 6.07) is 14.0. The van der Waals surface area contributed by atoms with E-state index in [4.69, 9.17) is 19.2 Å². The lowest BCUT2D eigenvalue weighted by molar-refractivity contribution is -0.142. The second-order valence-corrected chi connectivity index (χ2v) is 9.33. The van der Waals surface area contributed by atoms with Crippen molar-refractivity contribution in [2.24, 2.45) is 11.8 Å². The molecule has 0 unspecified atom stereocenters. The molecule has 0 saturated heterocycles. The number of ether oxygens (including phenoxy) is 3. The molecule has 3 aromatic rings. The third-order valence-corrected chi connectivity index (χ3v) is 6.97. The van der Waals surface area contributed by atoms with Crippen LogP contribution >= 0.6 is 0 Å². The molecule has 0 radical (unpaired) electrons. The van der Waals surface area contributed by atoms with E-state index < -0.39 is 18.0 Å². The zero-order valence-corrected chi connectivity index (χ0v) is 20.0. The smallest absolute Gasteiger partial charge is 0.306 e. The number of carboxylic acid groups (broad SMARTS) is 1. The number of carbonyl (C=O) groups is 1. The number of nitrogens with zero attached hydrogens (tertiary/aromatic N) is 1. The number of fused-ring (bicyclic) bond motifs is 1. The lowest BCUT2D eigenvalue weighted by atomic mass is 9.83. The van der Waals surface area contributed by atoms with E-state index in [1.807, 2.05) is 37.3 Å². The fraction of sp³-hybridized carbons (Fsp3) is 0.357. The maximum absolute atomic E-state index is 14.5. The van der Waals surface area contributed by atoms with Gasteiger partial charge in [0.25, 0.3) is 0 Å². The maximum Gasteiger partial charge on any atom is 0.306 e. The number of aliphatic carboxylic acids is 1. The van der Waals surface area contributed by atoms with Gasteiger partial charge in [0.05, 0.1) is 18.7 Å². The largest absolute Gasteiger partial charge is 0.497 e. The highest BCUT2D eigenvalue weighted by molar-refractivity contribution is 5.71. The second kappa shape index (κ2) is 9.21. The molecular weight excluding hydrogens is 449 g/mol. The van der Waals surface area contributed by atoms with Crippen molar-refractivity contribution in [3.8, 4) is 28.4 Å². The predicted octanol–water partition coefficient (Wildman–Crippen LogP) is 5.93. The molecule has 1 aliphatic carbocycles. The Morgan fingerprint density at radius 1 is 1.11 bits per heavy atom. The summed E-state index contributed by atoms with van der Waals surface area (Å²) in [6.45, 7) is 3.90. The monoisotopic (exact) mass is 477 g/mol. The summed E-state index contributed by atoms with van der Waals surface area (Å²) in [5.41, 5.74) is 3.42. The third-order valence-electron chi connectivity index (χ3n) is 6.97. The van der Waals surface area contributed by atoms with Gasteiger partial charge in [0.1, 0.15) is 18.2 Å². The van der Waals surface area contributed by atoms with Gasteiger partial charge in [-0.1, -0.05) is 19.1 Å². The molecule has 6 nitrogen and oxygen atoms in total. The molecule has 0 spiro atoms. The maximum atomic E-state index is 14.5. The standard InChI is InChI=1S/C28H28FNO5/c1-15(28(31)32)27(17-4-5-17)18-6-11-24-25(12-18)35-26(14-34-24)23-10-8-20(16(2)30-23)21-13-19(33-3)7-9-22(21)29/h6-13,15,17,26-27H,4-5,14H2,1-3H3,(H,31,32)/t15-,26-,27-/m0/s1. The lowest BCUT2D eigenvalue weighted by Crippen LogP contribution is -2.24. The summed E-state index contributed by atoms with van der Waals surface area (Å²) < 4.78 is 32.0. The molecular formula is C28H28FNO5. The third kappa shape index (κ3) is 4.55. The van der Waals surface area contributed by atoms with Gasteiger partial charge in [0.2, 0.25) is 0 Å². The van der Waals surface area contributed by atoms with Gasteiger partial charge < -0.3 is 19.3 Å². The molecule has 7 heteroatoms. The van der Waals surface area contributed by atoms with Gasteiger partial charge in [-0.05, 0) is 73.6 Å². The molecule has 0 bridgehead atoms. The van der Waals surface area contributed by atoms with Crippen LogP contribution < -0.4 is 14.2 Å². The molecule has 1 N–H and O–H groups in total. The molecule has 2 heterocycles. The first-order chi connectivity index (χ1) is 16.9. The second-order valence-electron chi connectivity index (χ2n) is 9.33. The van der Waals surface area contributed by atoms with Crippen molar-refractivity contribution in [1.82, 2.24) is 4.98 Å². The molecule has 1 aliphatic heterocycles. The van der Waals surface area contributed by atoms with Crippen LogP contribution in [0.2, 0.25) is 0 Å². The number of rotatable bonds is 7. The molecule has 0 amide bonds. The molecule has 3 atom stereocenters. The highest BCUT2D eigenvalue weighted by Gasteiger charge is 2.39. The molecule has 2 aromatic carbocycles. The molecule has 182 valence electrons. The number of aromatic nitrogens is 1. The Bertz CT molecular complexity index is 1270. The number of carboxylic acids is 1. The van der Waals surface area contributed by atoms with Gasteiger partial charge >= 0.3 is 5.97 Å². The summed E-state index contributed by atoms with van der Waals surface area (Å²) in [5.74, 6) is 0.508. The van der Waals surface area contributed by atoms with E-state index in [0.29, 0.717) is 52.3 Å². The Balaban J connectivity index is 1.41. The summed E-state index contributed by atoms with van der Waals surface area (Å²) in [6.07, 6.45) is 1.66. The summed E-state index contributed by atoms with van der Waals surface area (Å²) in [7, 11) is 1.55. The first-order valence-electron chi connectivity index (χ1n) is 11.8. The van der Waals surface area contributed by atoms with Crippen molar-refractivity contribution >= 4 is 5.97 Å². The lowest BCUT2D eigenvalue weighted by Gasteiger charge is -2.28.